The molecule has 5 nitrogen and oxygen atoms in total. The molecule has 0 aliphatic heterocycles. The van der Waals surface area contributed by atoms with Crippen LogP contribution >= 0.6 is 15.9 Å². The highest BCUT2D eigenvalue weighted by Crippen LogP contribution is 2.19. The summed E-state index contributed by atoms with van der Waals surface area (Å²) in [5.41, 5.74) is 0.827. The molecule has 20 heavy (non-hydrogen) atoms. The molecule has 0 atom stereocenters. The van der Waals surface area contributed by atoms with Crippen molar-refractivity contribution >= 4 is 15.9 Å². The quantitative estimate of drug-likeness (QED) is 0.781. The largest absolute Gasteiger partial charge is 0.383 e. The average molecular weight is 343 g/mol. The Balaban J connectivity index is 2.02. The number of nitrogens with one attached hydrogen (secondary N) is 1. The molecule has 0 unspecified atom stereocenters. The first kappa shape index (κ1) is 15.1. The van der Waals surface area contributed by atoms with Gasteiger partial charge in [-0.25, -0.2) is 14.1 Å². The van der Waals surface area contributed by atoms with Crippen molar-refractivity contribution in [2.45, 2.75) is 13.1 Å². The first-order valence-corrected chi connectivity index (χ1v) is 7.00. The van der Waals surface area contributed by atoms with Crippen LogP contribution in [0.3, 0.4) is 0 Å². The van der Waals surface area contributed by atoms with Crippen molar-refractivity contribution < 1.29 is 9.13 Å². The van der Waals surface area contributed by atoms with Crippen molar-refractivity contribution in [3.63, 3.8) is 0 Å². The van der Waals surface area contributed by atoms with Crippen molar-refractivity contribution in [2.75, 3.05) is 20.3 Å². The number of nitrogens with zero attached hydrogens (tertiary/aromatic N) is 3. The van der Waals surface area contributed by atoms with Crippen LogP contribution in [0.25, 0.3) is 0 Å². The third kappa shape index (κ3) is 4.09. The van der Waals surface area contributed by atoms with E-state index < -0.39 is 0 Å². The second-order valence-corrected chi connectivity index (χ2v) is 5.09. The SMILES string of the molecule is COCCNCc1ncnn1Cc1cc(F)ccc1Br. The van der Waals surface area contributed by atoms with Crippen molar-refractivity contribution in [3.05, 3.63) is 46.2 Å². The Kier molecular flexibility index (Phi) is 5.63. The third-order valence-electron chi connectivity index (χ3n) is 2.79. The van der Waals surface area contributed by atoms with E-state index in [2.05, 4.69) is 31.3 Å². The number of hydrogen-bond donors (Lipinski definition) is 1. The lowest BCUT2D eigenvalue weighted by atomic mass is 10.2. The monoisotopic (exact) mass is 342 g/mol. The molecule has 108 valence electrons. The molecule has 2 rings (SSSR count). The normalized spacial score (nSPS) is 10.9. The zero-order valence-corrected chi connectivity index (χ0v) is 12.7. The lowest BCUT2D eigenvalue weighted by molar-refractivity contribution is 0.198. The Morgan fingerprint density at radius 1 is 1.45 bits per heavy atom. The van der Waals surface area contributed by atoms with Gasteiger partial charge in [-0.3, -0.25) is 0 Å². The van der Waals surface area contributed by atoms with Crippen molar-refractivity contribution in [3.8, 4) is 0 Å². The molecule has 2 aromatic rings. The molecule has 1 aromatic heterocycles. The third-order valence-corrected chi connectivity index (χ3v) is 3.56. The molecule has 1 N–H and O–H groups in total. The van der Waals surface area contributed by atoms with Crippen LogP contribution in [0.4, 0.5) is 4.39 Å². The van der Waals surface area contributed by atoms with E-state index in [1.807, 2.05) is 0 Å². The lowest BCUT2D eigenvalue weighted by Gasteiger charge is -2.09. The van der Waals surface area contributed by atoms with Gasteiger partial charge in [-0.15, -0.1) is 0 Å². The predicted octanol–water partition coefficient (Wildman–Crippen LogP) is 1.96. The van der Waals surface area contributed by atoms with E-state index in [9.17, 15) is 4.39 Å². The summed E-state index contributed by atoms with van der Waals surface area (Å²) in [7, 11) is 1.66. The Morgan fingerprint density at radius 2 is 2.30 bits per heavy atom. The molecular formula is C13H16BrFN4O. The van der Waals surface area contributed by atoms with Gasteiger partial charge in [-0.1, -0.05) is 15.9 Å². The molecule has 0 aliphatic rings. The highest BCUT2D eigenvalue weighted by Gasteiger charge is 2.08. The van der Waals surface area contributed by atoms with Gasteiger partial charge in [-0.2, -0.15) is 5.10 Å². The highest BCUT2D eigenvalue weighted by atomic mass is 79.9. The summed E-state index contributed by atoms with van der Waals surface area (Å²) in [4.78, 5) is 4.20. The zero-order chi connectivity index (χ0) is 14.4. The standard InChI is InChI=1S/C13H16BrFN4O/c1-20-5-4-16-7-13-17-9-18-19(13)8-10-6-11(15)2-3-12(10)14/h2-3,6,9,16H,4-5,7-8H2,1H3. The summed E-state index contributed by atoms with van der Waals surface area (Å²) < 4.78 is 20.8. The molecule has 1 aromatic carbocycles. The molecule has 0 spiro atoms. The number of hydrogen-bond acceptors (Lipinski definition) is 4. The molecular weight excluding hydrogens is 327 g/mol. The second-order valence-electron chi connectivity index (χ2n) is 4.24. The van der Waals surface area contributed by atoms with Crippen molar-refractivity contribution in [1.82, 2.24) is 20.1 Å². The van der Waals surface area contributed by atoms with Crippen LogP contribution in [0.15, 0.2) is 29.0 Å². The maximum absolute atomic E-state index is 13.3. The minimum Gasteiger partial charge on any atom is -0.383 e. The maximum Gasteiger partial charge on any atom is 0.141 e. The minimum atomic E-state index is -0.261. The topological polar surface area (TPSA) is 52.0 Å². The van der Waals surface area contributed by atoms with Gasteiger partial charge < -0.3 is 10.1 Å². The van der Waals surface area contributed by atoms with Gasteiger partial charge in [0.05, 0.1) is 19.7 Å². The van der Waals surface area contributed by atoms with Crippen LogP contribution < -0.4 is 5.32 Å². The van der Waals surface area contributed by atoms with Crippen LogP contribution in [0.1, 0.15) is 11.4 Å². The van der Waals surface area contributed by atoms with E-state index in [0.717, 1.165) is 22.4 Å². The van der Waals surface area contributed by atoms with Crippen LogP contribution in [0.5, 0.6) is 0 Å². The van der Waals surface area contributed by atoms with E-state index in [0.29, 0.717) is 19.7 Å². The summed E-state index contributed by atoms with van der Waals surface area (Å²) in [6.07, 6.45) is 1.50. The second kappa shape index (κ2) is 7.47. The van der Waals surface area contributed by atoms with E-state index >= 15 is 0 Å². The minimum absolute atomic E-state index is 0.261. The number of benzene rings is 1. The Bertz CT molecular complexity index is 561. The number of aromatic nitrogens is 3. The first-order chi connectivity index (χ1) is 9.70. The fourth-order valence-corrected chi connectivity index (χ4v) is 2.13. The molecule has 7 heteroatoms. The molecule has 1 heterocycles. The van der Waals surface area contributed by atoms with Gasteiger partial charge in [0, 0.05) is 18.1 Å². The number of halogens is 2. The first-order valence-electron chi connectivity index (χ1n) is 6.21. The van der Waals surface area contributed by atoms with E-state index in [-0.39, 0.29) is 5.82 Å². The van der Waals surface area contributed by atoms with E-state index in [1.165, 1.54) is 18.5 Å². The summed E-state index contributed by atoms with van der Waals surface area (Å²) >= 11 is 3.41. The number of methoxy groups -OCH3 is 1. The summed E-state index contributed by atoms with van der Waals surface area (Å²) in [6.45, 7) is 2.45. The zero-order valence-electron chi connectivity index (χ0n) is 11.1. The maximum atomic E-state index is 13.3. The van der Waals surface area contributed by atoms with Gasteiger partial charge in [0.1, 0.15) is 18.0 Å². The van der Waals surface area contributed by atoms with Crippen LogP contribution in [0.2, 0.25) is 0 Å². The molecule has 0 saturated heterocycles. The summed E-state index contributed by atoms with van der Waals surface area (Å²) in [5.74, 6) is 0.542. The average Bonchev–Trinajstić information content (AvgIpc) is 2.86. The summed E-state index contributed by atoms with van der Waals surface area (Å²) in [6, 6.07) is 4.61. The van der Waals surface area contributed by atoms with Crippen LogP contribution in [-0.4, -0.2) is 35.0 Å². The fraction of sp³-hybridized carbons (Fsp3) is 0.385. The molecule has 0 radical (unpaired) electrons. The number of rotatable bonds is 7. The summed E-state index contributed by atoms with van der Waals surface area (Å²) in [5, 5.41) is 7.38. The lowest BCUT2D eigenvalue weighted by Crippen LogP contribution is -2.21. The molecule has 0 aliphatic carbocycles. The van der Waals surface area contributed by atoms with E-state index in [4.69, 9.17) is 4.74 Å². The van der Waals surface area contributed by atoms with Crippen molar-refractivity contribution in [2.24, 2.45) is 0 Å². The van der Waals surface area contributed by atoms with E-state index in [1.54, 1.807) is 17.9 Å². The van der Waals surface area contributed by atoms with Gasteiger partial charge in [0.15, 0.2) is 0 Å². The van der Waals surface area contributed by atoms with Crippen molar-refractivity contribution in [1.29, 1.82) is 0 Å². The Labute approximate surface area is 125 Å². The predicted molar refractivity (Wildman–Crippen MR) is 76.8 cm³/mol. The molecule has 0 saturated carbocycles. The van der Waals surface area contributed by atoms with Crippen LogP contribution in [0, 0.1) is 5.82 Å². The van der Waals surface area contributed by atoms with Gasteiger partial charge in [0.25, 0.3) is 0 Å². The van der Waals surface area contributed by atoms with Gasteiger partial charge in [0.2, 0.25) is 0 Å². The molecule has 0 fully saturated rings. The van der Waals surface area contributed by atoms with Gasteiger partial charge >= 0.3 is 0 Å². The van der Waals surface area contributed by atoms with Crippen LogP contribution in [-0.2, 0) is 17.8 Å². The van der Waals surface area contributed by atoms with Gasteiger partial charge in [-0.05, 0) is 23.8 Å². The molecule has 0 bridgehead atoms. The highest BCUT2D eigenvalue weighted by molar-refractivity contribution is 9.10. The Morgan fingerprint density at radius 3 is 3.10 bits per heavy atom. The Hall–Kier alpha value is -1.31. The molecule has 0 amide bonds. The smallest absolute Gasteiger partial charge is 0.141 e. The number of ether oxygens (including phenoxy) is 1. The fourth-order valence-electron chi connectivity index (χ4n) is 1.76.